The van der Waals surface area contributed by atoms with E-state index in [-0.39, 0.29) is 0 Å². The molecule has 0 atom stereocenters. The molecule has 2 aromatic carbocycles. The van der Waals surface area contributed by atoms with E-state index in [9.17, 15) is 0 Å². The second-order valence-electron chi connectivity index (χ2n) is 8.03. The highest BCUT2D eigenvalue weighted by molar-refractivity contribution is 5.64. The molecule has 3 rings (SSSR count). The van der Waals surface area contributed by atoms with Crippen molar-refractivity contribution in [2.45, 2.75) is 57.5 Å². The molecule has 0 amide bonds. The Hall–Kier alpha value is -2.12. The van der Waals surface area contributed by atoms with Gasteiger partial charge in [-0.25, -0.2) is 0 Å². The van der Waals surface area contributed by atoms with Crippen LogP contribution in [-0.4, -0.2) is 6.61 Å². The van der Waals surface area contributed by atoms with Gasteiger partial charge in [-0.15, -0.1) is 13.2 Å². The monoisotopic (exact) mass is 374 g/mol. The number of ether oxygens (including phenoxy) is 1. The zero-order chi connectivity index (χ0) is 19.6. The Morgan fingerprint density at radius 1 is 0.786 bits per heavy atom. The van der Waals surface area contributed by atoms with Crippen LogP contribution < -0.4 is 0 Å². The van der Waals surface area contributed by atoms with Gasteiger partial charge in [0.2, 0.25) is 0 Å². The third-order valence-electron chi connectivity index (χ3n) is 6.03. The lowest BCUT2D eigenvalue weighted by molar-refractivity contribution is 0.125. The molecular formula is C27H34O. The standard InChI is InChI=1S/C27H34O/c1-3-5-7-22-8-12-24(13-9-22)26-16-18-27(19-17-26)25-14-10-23(11-15-25)21-28-20-6-4-2/h3-4,10-11,14-19,22,24H,1-2,5-9,12-13,20-21H2. The smallest absolute Gasteiger partial charge is 0.0717 e. The van der Waals surface area contributed by atoms with Gasteiger partial charge in [0.1, 0.15) is 0 Å². The van der Waals surface area contributed by atoms with Crippen LogP contribution in [0, 0.1) is 5.92 Å². The van der Waals surface area contributed by atoms with Crippen molar-refractivity contribution in [2.24, 2.45) is 5.92 Å². The summed E-state index contributed by atoms with van der Waals surface area (Å²) in [5.74, 6) is 1.65. The van der Waals surface area contributed by atoms with E-state index < -0.39 is 0 Å². The highest BCUT2D eigenvalue weighted by atomic mass is 16.5. The van der Waals surface area contributed by atoms with Crippen LogP contribution in [0.4, 0.5) is 0 Å². The van der Waals surface area contributed by atoms with Crippen molar-refractivity contribution in [1.29, 1.82) is 0 Å². The molecule has 0 bridgehead atoms. The first-order valence-corrected chi connectivity index (χ1v) is 10.8. The van der Waals surface area contributed by atoms with E-state index in [2.05, 4.69) is 67.8 Å². The number of benzene rings is 2. The van der Waals surface area contributed by atoms with Crippen molar-refractivity contribution in [3.05, 3.63) is 85.0 Å². The van der Waals surface area contributed by atoms with Gasteiger partial charge in [-0.1, -0.05) is 60.7 Å². The normalized spacial score (nSPS) is 19.3. The SMILES string of the molecule is C=CCCOCc1ccc(-c2ccc(C3CCC(CCC=C)CC3)cc2)cc1. The molecule has 0 spiro atoms. The van der Waals surface area contributed by atoms with Crippen molar-refractivity contribution in [3.8, 4) is 11.1 Å². The quantitative estimate of drug-likeness (QED) is 0.306. The van der Waals surface area contributed by atoms with Crippen LogP contribution in [0.15, 0.2) is 73.8 Å². The number of allylic oxidation sites excluding steroid dienone is 1. The minimum Gasteiger partial charge on any atom is -0.376 e. The molecule has 0 radical (unpaired) electrons. The maximum Gasteiger partial charge on any atom is 0.0717 e. The average Bonchev–Trinajstić information content (AvgIpc) is 2.76. The zero-order valence-corrected chi connectivity index (χ0v) is 17.1. The predicted molar refractivity (Wildman–Crippen MR) is 120 cm³/mol. The van der Waals surface area contributed by atoms with Crippen LogP contribution in [0.3, 0.4) is 0 Å². The van der Waals surface area contributed by atoms with Gasteiger partial charge < -0.3 is 4.74 Å². The molecular weight excluding hydrogens is 340 g/mol. The third kappa shape index (κ3) is 5.94. The fourth-order valence-corrected chi connectivity index (χ4v) is 4.24. The van der Waals surface area contributed by atoms with Gasteiger partial charge >= 0.3 is 0 Å². The predicted octanol–water partition coefficient (Wildman–Crippen LogP) is 7.69. The molecule has 1 heteroatoms. The molecule has 1 aliphatic carbocycles. The van der Waals surface area contributed by atoms with E-state index in [1.807, 2.05) is 6.08 Å². The van der Waals surface area contributed by atoms with Crippen molar-refractivity contribution in [2.75, 3.05) is 6.61 Å². The molecule has 0 aliphatic heterocycles. The molecule has 148 valence electrons. The molecule has 1 fully saturated rings. The Morgan fingerprint density at radius 3 is 2.00 bits per heavy atom. The minimum absolute atomic E-state index is 0.669. The fourth-order valence-electron chi connectivity index (χ4n) is 4.24. The number of hydrogen-bond acceptors (Lipinski definition) is 1. The molecule has 1 aliphatic rings. The summed E-state index contributed by atoms with van der Waals surface area (Å²) in [5.41, 5.74) is 5.30. The van der Waals surface area contributed by atoms with Gasteiger partial charge in [0.15, 0.2) is 0 Å². The molecule has 0 saturated heterocycles. The average molecular weight is 375 g/mol. The van der Waals surface area contributed by atoms with Crippen molar-refractivity contribution in [1.82, 2.24) is 0 Å². The molecule has 0 unspecified atom stereocenters. The van der Waals surface area contributed by atoms with Gasteiger partial charge in [-0.2, -0.15) is 0 Å². The Balaban J connectivity index is 1.53. The van der Waals surface area contributed by atoms with Gasteiger partial charge in [0.25, 0.3) is 0 Å². The van der Waals surface area contributed by atoms with E-state index >= 15 is 0 Å². The van der Waals surface area contributed by atoms with E-state index in [1.54, 1.807) is 0 Å². The fraction of sp³-hybridized carbons (Fsp3) is 0.407. The summed E-state index contributed by atoms with van der Waals surface area (Å²) < 4.78 is 5.64. The second-order valence-corrected chi connectivity index (χ2v) is 8.03. The molecule has 1 saturated carbocycles. The van der Waals surface area contributed by atoms with Gasteiger partial charge in [-0.3, -0.25) is 0 Å². The maximum atomic E-state index is 5.64. The Bertz CT molecular complexity index is 718. The second kappa shape index (κ2) is 11.0. The van der Waals surface area contributed by atoms with Crippen LogP contribution in [0.5, 0.6) is 0 Å². The highest BCUT2D eigenvalue weighted by Gasteiger charge is 2.21. The first-order chi connectivity index (χ1) is 13.8. The number of rotatable bonds is 10. The Morgan fingerprint density at radius 2 is 1.39 bits per heavy atom. The largest absolute Gasteiger partial charge is 0.376 e. The van der Waals surface area contributed by atoms with E-state index in [0.29, 0.717) is 6.61 Å². The lowest BCUT2D eigenvalue weighted by Gasteiger charge is -2.28. The highest BCUT2D eigenvalue weighted by Crippen LogP contribution is 2.38. The van der Waals surface area contributed by atoms with Crippen LogP contribution in [0.2, 0.25) is 0 Å². The van der Waals surface area contributed by atoms with Crippen LogP contribution in [-0.2, 0) is 11.3 Å². The van der Waals surface area contributed by atoms with Crippen molar-refractivity contribution in [3.63, 3.8) is 0 Å². The Labute approximate surface area is 171 Å². The summed E-state index contributed by atoms with van der Waals surface area (Å²) in [5, 5.41) is 0. The summed E-state index contributed by atoms with van der Waals surface area (Å²) in [6.07, 6.45) is 12.8. The third-order valence-corrected chi connectivity index (χ3v) is 6.03. The van der Waals surface area contributed by atoms with Crippen LogP contribution in [0.1, 0.15) is 62.0 Å². The summed E-state index contributed by atoms with van der Waals surface area (Å²) in [4.78, 5) is 0. The molecule has 1 nitrogen and oxygen atoms in total. The maximum absolute atomic E-state index is 5.64. The first kappa shape index (κ1) is 20.6. The Kier molecular flexibility index (Phi) is 8.11. The number of hydrogen-bond donors (Lipinski definition) is 0. The van der Waals surface area contributed by atoms with E-state index in [0.717, 1.165) is 24.9 Å². The summed E-state index contributed by atoms with van der Waals surface area (Å²) >= 11 is 0. The lowest BCUT2D eigenvalue weighted by atomic mass is 9.77. The first-order valence-electron chi connectivity index (χ1n) is 10.8. The lowest BCUT2D eigenvalue weighted by Crippen LogP contribution is -2.13. The van der Waals surface area contributed by atoms with E-state index in [4.69, 9.17) is 4.74 Å². The molecule has 28 heavy (non-hydrogen) atoms. The van der Waals surface area contributed by atoms with Gasteiger partial charge in [0.05, 0.1) is 13.2 Å². The van der Waals surface area contributed by atoms with Gasteiger partial charge in [-0.05, 0) is 79.0 Å². The molecule has 0 heterocycles. The molecule has 0 N–H and O–H groups in total. The summed E-state index contributed by atoms with van der Waals surface area (Å²) in [6, 6.07) is 18.0. The molecule has 0 aromatic heterocycles. The molecule has 2 aromatic rings. The van der Waals surface area contributed by atoms with E-state index in [1.165, 1.54) is 60.8 Å². The summed E-state index contributed by atoms with van der Waals surface area (Å²) in [6.45, 7) is 8.98. The summed E-state index contributed by atoms with van der Waals surface area (Å²) in [7, 11) is 0. The van der Waals surface area contributed by atoms with Crippen LogP contribution >= 0.6 is 0 Å². The van der Waals surface area contributed by atoms with Crippen molar-refractivity contribution < 1.29 is 4.74 Å². The van der Waals surface area contributed by atoms with Gasteiger partial charge in [0, 0.05) is 0 Å². The topological polar surface area (TPSA) is 9.23 Å². The zero-order valence-electron chi connectivity index (χ0n) is 17.1. The van der Waals surface area contributed by atoms with Crippen LogP contribution in [0.25, 0.3) is 11.1 Å². The minimum atomic E-state index is 0.669. The van der Waals surface area contributed by atoms with Crippen molar-refractivity contribution >= 4 is 0 Å².